The Balaban J connectivity index is 0.000000796. The third-order valence-electron chi connectivity index (χ3n) is 3.22. The highest BCUT2D eigenvalue weighted by molar-refractivity contribution is 7.30. The van der Waals surface area contributed by atoms with E-state index in [1.807, 2.05) is 18.2 Å². The van der Waals surface area contributed by atoms with E-state index in [0.717, 1.165) is 24.2 Å². The molecule has 0 radical (unpaired) electrons. The van der Waals surface area contributed by atoms with Crippen molar-refractivity contribution < 1.29 is 23.8 Å². The molecule has 0 aliphatic rings. The number of hydrogen-bond donors (Lipinski definition) is 3. The van der Waals surface area contributed by atoms with Crippen molar-refractivity contribution in [3.63, 3.8) is 0 Å². The molecule has 0 aromatic heterocycles. The zero-order valence-electron chi connectivity index (χ0n) is 12.3. The molecular formula is C13H23NO5P+. The summed E-state index contributed by atoms with van der Waals surface area (Å²) in [7, 11) is 0.512. The summed E-state index contributed by atoms with van der Waals surface area (Å²) in [6, 6.07) is 5.76. The van der Waals surface area contributed by atoms with Gasteiger partial charge in [0.1, 0.15) is 5.75 Å². The molecule has 7 heteroatoms. The zero-order valence-corrected chi connectivity index (χ0v) is 13.2. The van der Waals surface area contributed by atoms with E-state index in [2.05, 4.69) is 13.8 Å². The lowest BCUT2D eigenvalue weighted by Gasteiger charge is -2.31. The number of nitrogens with two attached hydrogens (primary N) is 1. The predicted octanol–water partition coefficient (Wildman–Crippen LogP) is 2.57. The lowest BCUT2D eigenvalue weighted by Crippen LogP contribution is -2.26. The van der Waals surface area contributed by atoms with Gasteiger partial charge >= 0.3 is 8.25 Å². The molecule has 0 bridgehead atoms. The number of ether oxygens (including phenoxy) is 2. The number of anilines is 1. The van der Waals surface area contributed by atoms with Crippen molar-refractivity contribution in [3.05, 3.63) is 23.8 Å². The minimum absolute atomic E-state index is 0.261. The second kappa shape index (κ2) is 8.87. The third kappa shape index (κ3) is 5.43. The summed E-state index contributed by atoms with van der Waals surface area (Å²) in [5.74, 6) is 0.776. The molecular weight excluding hydrogens is 281 g/mol. The van der Waals surface area contributed by atoms with E-state index >= 15 is 0 Å². The number of nitrogen functional groups attached to an aromatic ring is 1. The maximum absolute atomic E-state index is 8.70. The summed E-state index contributed by atoms with van der Waals surface area (Å²) in [6.07, 6.45) is 1.82. The van der Waals surface area contributed by atoms with Crippen LogP contribution in [0.4, 0.5) is 5.69 Å². The van der Waals surface area contributed by atoms with Crippen molar-refractivity contribution in [1.29, 1.82) is 0 Å². The first-order valence-corrected chi connectivity index (χ1v) is 7.36. The van der Waals surface area contributed by atoms with Crippen molar-refractivity contribution in [2.75, 3.05) is 20.0 Å². The van der Waals surface area contributed by atoms with Crippen LogP contribution < -0.4 is 10.5 Å². The van der Waals surface area contributed by atoms with E-state index in [1.54, 1.807) is 14.2 Å². The van der Waals surface area contributed by atoms with E-state index in [-0.39, 0.29) is 5.60 Å². The predicted molar refractivity (Wildman–Crippen MR) is 78.7 cm³/mol. The van der Waals surface area contributed by atoms with Gasteiger partial charge in [-0.05, 0) is 30.5 Å². The van der Waals surface area contributed by atoms with E-state index < -0.39 is 8.25 Å². The monoisotopic (exact) mass is 304 g/mol. The molecule has 0 saturated heterocycles. The Bertz CT molecular complexity index is 423. The molecule has 1 aromatic carbocycles. The Kier molecular flexibility index (Phi) is 8.34. The molecule has 0 atom stereocenters. The highest BCUT2D eigenvalue weighted by atomic mass is 31.1. The number of methoxy groups -OCH3 is 2. The van der Waals surface area contributed by atoms with Crippen molar-refractivity contribution in [1.82, 2.24) is 0 Å². The molecule has 0 unspecified atom stereocenters. The van der Waals surface area contributed by atoms with Crippen LogP contribution in [0, 0.1) is 0 Å². The summed E-state index contributed by atoms with van der Waals surface area (Å²) in [4.78, 5) is 14.2. The topological polar surface area (TPSA) is 102 Å². The van der Waals surface area contributed by atoms with Gasteiger partial charge in [0, 0.05) is 23.4 Å². The van der Waals surface area contributed by atoms with E-state index in [4.69, 9.17) is 29.6 Å². The third-order valence-corrected chi connectivity index (χ3v) is 3.22. The van der Waals surface area contributed by atoms with Crippen LogP contribution in [0.2, 0.25) is 0 Å². The SMILES string of the molecule is CCC(CC)(OC)c1cc(N)cc(OC)c1.O=[P+](O)O. The highest BCUT2D eigenvalue weighted by Gasteiger charge is 2.28. The van der Waals surface area contributed by atoms with Gasteiger partial charge in [-0.25, -0.2) is 0 Å². The van der Waals surface area contributed by atoms with E-state index in [0.29, 0.717) is 5.69 Å². The molecule has 20 heavy (non-hydrogen) atoms. The smallest absolute Gasteiger partial charge is 0.497 e. The lowest BCUT2D eigenvalue weighted by molar-refractivity contribution is -0.0218. The van der Waals surface area contributed by atoms with Gasteiger partial charge in [-0.2, -0.15) is 0 Å². The first kappa shape index (κ1) is 18.8. The Labute approximate surface area is 120 Å². The molecule has 0 heterocycles. The van der Waals surface area contributed by atoms with Gasteiger partial charge in [0.25, 0.3) is 0 Å². The van der Waals surface area contributed by atoms with Crippen LogP contribution in [0.1, 0.15) is 32.3 Å². The maximum Gasteiger partial charge on any atom is 0.692 e. The average Bonchev–Trinajstić information content (AvgIpc) is 2.40. The van der Waals surface area contributed by atoms with Crippen LogP contribution >= 0.6 is 8.25 Å². The Morgan fingerprint density at radius 3 is 2.05 bits per heavy atom. The summed E-state index contributed by atoms with van der Waals surface area (Å²) in [6.45, 7) is 4.23. The van der Waals surface area contributed by atoms with Crippen LogP contribution in [0.3, 0.4) is 0 Å². The fraction of sp³-hybridized carbons (Fsp3) is 0.538. The van der Waals surface area contributed by atoms with E-state index in [1.165, 1.54) is 0 Å². The minimum Gasteiger partial charge on any atom is -0.497 e. The molecule has 114 valence electrons. The Morgan fingerprint density at radius 1 is 1.20 bits per heavy atom. The molecule has 0 saturated carbocycles. The van der Waals surface area contributed by atoms with Gasteiger partial charge in [0.05, 0.1) is 12.7 Å². The quantitative estimate of drug-likeness (QED) is 0.571. The highest BCUT2D eigenvalue weighted by Crippen LogP contribution is 2.35. The van der Waals surface area contributed by atoms with Crippen molar-refractivity contribution in [2.45, 2.75) is 32.3 Å². The molecule has 1 rings (SSSR count). The molecule has 0 aliphatic carbocycles. The fourth-order valence-electron chi connectivity index (χ4n) is 2.07. The van der Waals surface area contributed by atoms with Crippen molar-refractivity contribution in [3.8, 4) is 5.75 Å². The van der Waals surface area contributed by atoms with Crippen LogP contribution in [0.5, 0.6) is 5.75 Å². The van der Waals surface area contributed by atoms with Crippen LogP contribution in [-0.4, -0.2) is 24.0 Å². The summed E-state index contributed by atoms with van der Waals surface area (Å²) in [5.41, 5.74) is 7.39. The molecule has 0 fully saturated rings. The molecule has 0 aliphatic heterocycles. The summed E-state index contributed by atoms with van der Waals surface area (Å²) >= 11 is 0. The van der Waals surface area contributed by atoms with Gasteiger partial charge in [0.15, 0.2) is 0 Å². The Morgan fingerprint density at radius 2 is 1.70 bits per heavy atom. The van der Waals surface area contributed by atoms with Gasteiger partial charge in [-0.3, -0.25) is 0 Å². The molecule has 6 nitrogen and oxygen atoms in total. The lowest BCUT2D eigenvalue weighted by atomic mass is 9.88. The van der Waals surface area contributed by atoms with Crippen LogP contribution in [0.15, 0.2) is 18.2 Å². The second-order valence-electron chi connectivity index (χ2n) is 4.15. The molecule has 1 aromatic rings. The minimum atomic E-state index is -2.87. The van der Waals surface area contributed by atoms with Gasteiger partial charge in [0.2, 0.25) is 0 Å². The number of hydrogen-bond acceptors (Lipinski definition) is 4. The van der Waals surface area contributed by atoms with E-state index in [9.17, 15) is 0 Å². The van der Waals surface area contributed by atoms with Crippen LogP contribution in [-0.2, 0) is 14.9 Å². The van der Waals surface area contributed by atoms with Gasteiger partial charge < -0.3 is 15.2 Å². The normalized spacial score (nSPS) is 10.5. The summed E-state index contributed by atoms with van der Waals surface area (Å²) in [5, 5.41) is 0. The fourth-order valence-corrected chi connectivity index (χ4v) is 2.07. The maximum atomic E-state index is 8.70. The first-order chi connectivity index (χ1) is 9.34. The van der Waals surface area contributed by atoms with Gasteiger partial charge in [-0.1, -0.05) is 13.8 Å². The zero-order chi connectivity index (χ0) is 15.8. The largest absolute Gasteiger partial charge is 0.692 e. The molecule has 0 amide bonds. The Hall–Kier alpha value is -1.20. The van der Waals surface area contributed by atoms with Crippen LogP contribution in [0.25, 0.3) is 0 Å². The average molecular weight is 304 g/mol. The first-order valence-electron chi connectivity index (χ1n) is 6.20. The standard InChI is InChI=1S/C13H21NO2.HO3P/c1-5-13(6-2,16-4)10-7-11(14)9-12(8-10)15-3;1-4(2)3/h7-9H,5-6,14H2,1-4H3;(H-,1,2,3)/p+1. The number of rotatable bonds is 5. The molecule has 0 spiro atoms. The summed E-state index contributed by atoms with van der Waals surface area (Å²) < 4.78 is 19.6. The van der Waals surface area contributed by atoms with Gasteiger partial charge in [-0.15, -0.1) is 9.79 Å². The van der Waals surface area contributed by atoms with Crippen molar-refractivity contribution >= 4 is 13.9 Å². The molecule has 4 N–H and O–H groups in total. The number of benzene rings is 1. The van der Waals surface area contributed by atoms with Crippen molar-refractivity contribution in [2.24, 2.45) is 0 Å². The second-order valence-corrected chi connectivity index (χ2v) is 4.66.